The number of fused-ring (bicyclic) bond motifs is 1. The largest absolute Gasteiger partial charge is 0.396 e. The van der Waals surface area contributed by atoms with Crippen LogP contribution in [0.1, 0.15) is 19.8 Å². The highest BCUT2D eigenvalue weighted by Gasteiger charge is 2.15. The van der Waals surface area contributed by atoms with E-state index in [9.17, 15) is 0 Å². The summed E-state index contributed by atoms with van der Waals surface area (Å²) in [5, 5.41) is 11.7. The molecule has 27 heavy (non-hydrogen) atoms. The van der Waals surface area contributed by atoms with Gasteiger partial charge in [0.1, 0.15) is 17.3 Å². The van der Waals surface area contributed by atoms with Crippen molar-refractivity contribution in [3.8, 4) is 0 Å². The fourth-order valence-electron chi connectivity index (χ4n) is 2.98. The summed E-state index contributed by atoms with van der Waals surface area (Å²) in [7, 11) is 3.89. The lowest BCUT2D eigenvalue weighted by Gasteiger charge is -2.16. The average Bonchev–Trinajstić information content (AvgIpc) is 3.31. The van der Waals surface area contributed by atoms with Crippen molar-refractivity contribution in [1.29, 1.82) is 5.41 Å². The molecule has 142 valence electrons. The first-order chi connectivity index (χ1) is 13.0. The van der Waals surface area contributed by atoms with Crippen molar-refractivity contribution in [2.45, 2.75) is 19.8 Å². The van der Waals surface area contributed by atoms with Crippen LogP contribution in [0.15, 0.2) is 40.2 Å². The van der Waals surface area contributed by atoms with Crippen LogP contribution in [0.4, 0.5) is 11.5 Å². The first-order valence-corrected chi connectivity index (χ1v) is 8.87. The number of hydrogen-bond donors (Lipinski definition) is 2. The molecule has 9 heteroatoms. The maximum Gasteiger partial charge on any atom is 0.183 e. The second-order valence-electron chi connectivity index (χ2n) is 6.54. The maximum atomic E-state index is 7.30. The average molecular weight is 367 g/mol. The lowest BCUT2D eigenvalue weighted by molar-refractivity contribution is 0.517. The maximum absolute atomic E-state index is 7.30. The number of hydrogen-bond acceptors (Lipinski definition) is 6. The van der Waals surface area contributed by atoms with Crippen LogP contribution in [-0.2, 0) is 0 Å². The normalized spacial score (nSPS) is 16.3. The number of aliphatic imine (C=N–C) groups is 2. The highest BCUT2D eigenvalue weighted by molar-refractivity contribution is 6.08. The number of nitrogens with zero attached hydrogens (tertiary/aromatic N) is 7. The summed E-state index contributed by atoms with van der Waals surface area (Å²) in [5.41, 5.74) is 7.64. The fraction of sp³-hybridized carbons (Fsp3) is 0.389. The van der Waals surface area contributed by atoms with Gasteiger partial charge in [0.2, 0.25) is 0 Å². The Labute approximate surface area is 158 Å². The molecule has 2 aromatic rings. The summed E-state index contributed by atoms with van der Waals surface area (Å²) < 4.78 is 1.73. The Morgan fingerprint density at radius 3 is 2.74 bits per heavy atom. The topological polar surface area (TPSA) is 111 Å². The van der Waals surface area contributed by atoms with Crippen LogP contribution in [0, 0.1) is 5.41 Å². The predicted octanol–water partition coefficient (Wildman–Crippen LogP) is 1.83. The van der Waals surface area contributed by atoms with E-state index in [4.69, 9.17) is 11.1 Å². The van der Waals surface area contributed by atoms with E-state index in [-0.39, 0.29) is 0 Å². The molecule has 1 fully saturated rings. The zero-order valence-electron chi connectivity index (χ0n) is 15.9. The number of aromatic nitrogens is 3. The number of rotatable bonds is 4. The second kappa shape index (κ2) is 7.98. The highest BCUT2D eigenvalue weighted by Crippen LogP contribution is 2.23. The van der Waals surface area contributed by atoms with Gasteiger partial charge in [0.15, 0.2) is 11.5 Å². The minimum absolute atomic E-state index is 0.326. The van der Waals surface area contributed by atoms with Crippen LogP contribution in [-0.4, -0.2) is 64.6 Å². The van der Waals surface area contributed by atoms with Crippen LogP contribution in [0.5, 0.6) is 0 Å². The third-order valence-corrected chi connectivity index (χ3v) is 4.40. The third kappa shape index (κ3) is 3.97. The van der Waals surface area contributed by atoms with E-state index < -0.39 is 0 Å². The number of allylic oxidation sites excluding steroid dienone is 1. The van der Waals surface area contributed by atoms with Crippen molar-refractivity contribution < 1.29 is 0 Å². The molecule has 0 aliphatic carbocycles. The molecule has 1 saturated heterocycles. The van der Waals surface area contributed by atoms with E-state index in [0.717, 1.165) is 43.8 Å². The molecule has 1 aliphatic rings. The van der Waals surface area contributed by atoms with Gasteiger partial charge >= 0.3 is 0 Å². The molecule has 0 unspecified atom stereocenters. The Bertz CT molecular complexity index is 914. The molecule has 0 spiro atoms. The van der Waals surface area contributed by atoms with E-state index >= 15 is 0 Å². The quantitative estimate of drug-likeness (QED) is 0.632. The summed E-state index contributed by atoms with van der Waals surface area (Å²) in [5.74, 6) is 2.11. The molecule has 0 amide bonds. The first-order valence-electron chi connectivity index (χ1n) is 8.87. The molecule has 0 aromatic carbocycles. The highest BCUT2D eigenvalue weighted by atomic mass is 15.3. The standard InChI is InChI=1S/C18H25N9/c1-13(26-10-4-5-11-26)23-17(14(20)6-8-19)24-15-12-22-27-16(25(2)3)7-9-21-18(15)27/h6-9,12,19H,4-5,10-11,20H2,1-3H3/b14-6+,19-8?,23-13?,24-17?. The molecule has 3 heterocycles. The van der Waals surface area contributed by atoms with Gasteiger partial charge in [-0.1, -0.05) is 0 Å². The number of nitrogens with one attached hydrogen (secondary N) is 1. The van der Waals surface area contributed by atoms with Crippen LogP contribution in [0.3, 0.4) is 0 Å². The van der Waals surface area contributed by atoms with Crippen LogP contribution >= 0.6 is 0 Å². The van der Waals surface area contributed by atoms with Gasteiger partial charge in [-0.25, -0.2) is 15.0 Å². The molecule has 0 radical (unpaired) electrons. The van der Waals surface area contributed by atoms with Crippen molar-refractivity contribution in [2.75, 3.05) is 32.1 Å². The Morgan fingerprint density at radius 1 is 1.33 bits per heavy atom. The molecule has 3 rings (SSSR count). The number of anilines is 1. The van der Waals surface area contributed by atoms with Gasteiger partial charge < -0.3 is 20.9 Å². The lowest BCUT2D eigenvalue weighted by Crippen LogP contribution is -2.26. The monoisotopic (exact) mass is 367 g/mol. The Hall–Kier alpha value is -3.23. The number of amidine groups is 2. The number of nitrogens with two attached hydrogens (primary N) is 1. The van der Waals surface area contributed by atoms with Gasteiger partial charge in [-0.3, -0.25) is 0 Å². The first kappa shape index (κ1) is 18.6. The Morgan fingerprint density at radius 2 is 2.07 bits per heavy atom. The van der Waals surface area contributed by atoms with Crippen molar-refractivity contribution in [3.05, 3.63) is 30.2 Å². The second-order valence-corrected chi connectivity index (χ2v) is 6.54. The zero-order chi connectivity index (χ0) is 19.4. The van der Waals surface area contributed by atoms with E-state index in [1.807, 2.05) is 32.0 Å². The van der Waals surface area contributed by atoms with Gasteiger partial charge in [-0.15, -0.1) is 0 Å². The molecule has 2 aromatic heterocycles. The van der Waals surface area contributed by atoms with E-state index in [0.29, 0.717) is 22.9 Å². The van der Waals surface area contributed by atoms with Gasteiger partial charge in [0, 0.05) is 39.6 Å². The van der Waals surface area contributed by atoms with Gasteiger partial charge in [-0.05, 0) is 31.9 Å². The molecular weight excluding hydrogens is 342 g/mol. The lowest BCUT2D eigenvalue weighted by atomic mass is 10.3. The molecule has 3 N–H and O–H groups in total. The van der Waals surface area contributed by atoms with Crippen molar-refractivity contribution in [2.24, 2.45) is 15.7 Å². The minimum Gasteiger partial charge on any atom is -0.396 e. The van der Waals surface area contributed by atoms with E-state index in [1.165, 1.54) is 6.08 Å². The minimum atomic E-state index is 0.326. The smallest absolute Gasteiger partial charge is 0.183 e. The van der Waals surface area contributed by atoms with Crippen LogP contribution < -0.4 is 10.6 Å². The van der Waals surface area contributed by atoms with Gasteiger partial charge in [0.05, 0.1) is 11.9 Å². The van der Waals surface area contributed by atoms with Crippen molar-refractivity contribution in [3.63, 3.8) is 0 Å². The summed E-state index contributed by atoms with van der Waals surface area (Å²) in [6.07, 6.45) is 8.30. The third-order valence-electron chi connectivity index (χ3n) is 4.40. The zero-order valence-corrected chi connectivity index (χ0v) is 15.9. The van der Waals surface area contributed by atoms with Gasteiger partial charge in [0.25, 0.3) is 0 Å². The fourth-order valence-corrected chi connectivity index (χ4v) is 2.98. The molecule has 0 atom stereocenters. The molecule has 9 nitrogen and oxygen atoms in total. The van der Waals surface area contributed by atoms with Crippen molar-refractivity contribution in [1.82, 2.24) is 19.5 Å². The predicted molar refractivity (Wildman–Crippen MR) is 109 cm³/mol. The van der Waals surface area contributed by atoms with E-state index in [2.05, 4.69) is 25.0 Å². The molecule has 0 bridgehead atoms. The molecule has 0 saturated carbocycles. The Kier molecular flexibility index (Phi) is 5.49. The van der Waals surface area contributed by atoms with Crippen LogP contribution in [0.2, 0.25) is 0 Å². The summed E-state index contributed by atoms with van der Waals surface area (Å²) >= 11 is 0. The summed E-state index contributed by atoms with van der Waals surface area (Å²) in [4.78, 5) is 17.8. The summed E-state index contributed by atoms with van der Waals surface area (Å²) in [6.45, 7) is 3.93. The van der Waals surface area contributed by atoms with Gasteiger partial charge in [-0.2, -0.15) is 9.61 Å². The van der Waals surface area contributed by atoms with E-state index in [1.54, 1.807) is 16.9 Å². The SMILES string of the molecule is CC(=NC(=Nc1cnn2c(N(C)C)ccnc12)/C(N)=C\C=N)N1CCCC1. The van der Waals surface area contributed by atoms with Crippen molar-refractivity contribution >= 4 is 35.0 Å². The molecule has 1 aliphatic heterocycles. The van der Waals surface area contributed by atoms with Crippen LogP contribution in [0.25, 0.3) is 5.65 Å². The molecular formula is C18H25N9. The Balaban J connectivity index is 2.07. The number of likely N-dealkylation sites (tertiary alicyclic amines) is 1. The summed E-state index contributed by atoms with van der Waals surface area (Å²) in [6, 6.07) is 1.88.